The molecule has 0 aliphatic carbocycles. The fraction of sp³-hybridized carbons (Fsp3) is 0.286. The molecule has 3 N–H and O–H groups in total. The molecule has 2 aromatic heterocycles. The molecule has 0 aliphatic rings. The molecule has 0 aliphatic heterocycles. The van der Waals surface area contributed by atoms with Crippen LogP contribution in [-0.2, 0) is 43.3 Å². The summed E-state index contributed by atoms with van der Waals surface area (Å²) in [6.07, 6.45) is -10.8. The predicted octanol–water partition coefficient (Wildman–Crippen LogP) is 13.7. The number of alkyl carbamates (subject to hydrolysis) is 1. The summed E-state index contributed by atoms with van der Waals surface area (Å²) in [6, 6.07) is 27.6. The van der Waals surface area contributed by atoms with Crippen molar-refractivity contribution in [3.05, 3.63) is 243 Å². The Bertz CT molecular complexity index is 4020. The van der Waals surface area contributed by atoms with E-state index in [1.165, 1.54) is 64.5 Å². The first-order valence-electron chi connectivity index (χ1n) is 26.6. The van der Waals surface area contributed by atoms with E-state index in [0.29, 0.717) is 27.8 Å². The zero-order valence-corrected chi connectivity index (χ0v) is 53.7. The van der Waals surface area contributed by atoms with Crippen molar-refractivity contribution in [2.75, 3.05) is 24.1 Å². The van der Waals surface area contributed by atoms with Crippen LogP contribution in [0.4, 0.5) is 48.7 Å². The van der Waals surface area contributed by atoms with Gasteiger partial charge in [-0.1, -0.05) is 142 Å². The highest BCUT2D eigenvalue weighted by atomic mass is 127. The number of nitrogens with one attached hydrogen (secondary N) is 1. The van der Waals surface area contributed by atoms with Crippen molar-refractivity contribution in [1.29, 1.82) is 0 Å². The van der Waals surface area contributed by atoms with Crippen LogP contribution in [0, 0.1) is 37.1 Å². The standard InChI is InChI=1S/C33H32F5N3O5.C28H24F5N3O3.2CH3I/c1-19-27(21-13-9-16-26(45-5)28(21)35)29(42)41(18-25(20-11-7-6-8-12-20)39-30(43)46-32(2,3)4)31(44)40(19)17-22-23(33(36,37)38)14-10-15-24(22)34;1-16-24(18-10-6-13-23(39-2)25(18)30)26(37)36(15-22(34)17-8-4-3-5-9-17)27(38)35(16)14-19-20(28(31,32)33)11-7-12-21(19)29;2*1-2/h6-16,25H,17-18H2,1-5H3,(H,39,43);3-13,22H,14-15,34H2,1-2H3;2*1H3/t25-;22-;;/m00../s1. The number of rotatable bonds is 15. The van der Waals surface area contributed by atoms with Crippen molar-refractivity contribution >= 4 is 51.3 Å². The second-order valence-electron chi connectivity index (χ2n) is 20.3. The average Bonchev–Trinajstić information content (AvgIpc) is 0.989. The number of nitrogens with two attached hydrogens (primary N) is 1. The van der Waals surface area contributed by atoms with Crippen LogP contribution in [0.3, 0.4) is 0 Å². The Morgan fingerprint density at radius 2 is 0.899 bits per heavy atom. The fourth-order valence-corrected chi connectivity index (χ4v) is 9.48. The van der Waals surface area contributed by atoms with Gasteiger partial charge >= 0.3 is 29.8 Å². The van der Waals surface area contributed by atoms with Crippen molar-refractivity contribution < 1.29 is 62.9 Å². The first-order chi connectivity index (χ1) is 42.0. The van der Waals surface area contributed by atoms with Crippen molar-refractivity contribution in [2.45, 2.75) is 90.8 Å². The Morgan fingerprint density at radius 1 is 0.528 bits per heavy atom. The minimum absolute atomic E-state index is 0.155. The van der Waals surface area contributed by atoms with Gasteiger partial charge in [-0.15, -0.1) is 0 Å². The van der Waals surface area contributed by atoms with Gasteiger partial charge in [0.05, 0.1) is 68.7 Å². The molecule has 0 saturated heterocycles. The summed E-state index contributed by atoms with van der Waals surface area (Å²) in [6.45, 7) is 4.73. The van der Waals surface area contributed by atoms with Crippen LogP contribution in [0.25, 0.3) is 22.3 Å². The van der Waals surface area contributed by atoms with E-state index in [0.717, 1.165) is 38.0 Å². The number of benzene rings is 6. The van der Waals surface area contributed by atoms with Gasteiger partial charge in [-0.05, 0) is 92.0 Å². The average molecular weight is 1480 g/mol. The van der Waals surface area contributed by atoms with Crippen molar-refractivity contribution in [1.82, 2.24) is 23.6 Å². The van der Waals surface area contributed by atoms with Crippen LogP contribution < -0.4 is 43.0 Å². The van der Waals surface area contributed by atoms with E-state index in [4.69, 9.17) is 19.9 Å². The molecule has 89 heavy (non-hydrogen) atoms. The topological polar surface area (TPSA) is 171 Å². The van der Waals surface area contributed by atoms with Crippen molar-refractivity contribution in [3.63, 3.8) is 0 Å². The van der Waals surface area contributed by atoms with Gasteiger partial charge in [-0.25, -0.2) is 31.9 Å². The van der Waals surface area contributed by atoms with E-state index < -0.39 is 124 Å². The molecule has 476 valence electrons. The zero-order valence-electron chi connectivity index (χ0n) is 49.4. The number of methoxy groups -OCH3 is 2. The molecule has 0 bridgehead atoms. The second-order valence-corrected chi connectivity index (χ2v) is 20.3. The van der Waals surface area contributed by atoms with Gasteiger partial charge in [0, 0.05) is 39.7 Å². The summed E-state index contributed by atoms with van der Waals surface area (Å²) in [5, 5.41) is 2.63. The minimum Gasteiger partial charge on any atom is -0.494 e. The van der Waals surface area contributed by atoms with Gasteiger partial charge in [0.15, 0.2) is 23.1 Å². The van der Waals surface area contributed by atoms with Gasteiger partial charge in [-0.3, -0.25) is 27.9 Å². The highest BCUT2D eigenvalue weighted by Gasteiger charge is 2.37. The number of nitrogens with zero attached hydrogens (tertiary/aromatic N) is 4. The maximum absolute atomic E-state index is 15.6. The van der Waals surface area contributed by atoms with Crippen LogP contribution >= 0.6 is 45.2 Å². The van der Waals surface area contributed by atoms with Gasteiger partial charge in [0.1, 0.15) is 17.2 Å². The summed E-state index contributed by atoms with van der Waals surface area (Å²) in [5.74, 6) is -4.72. The molecule has 14 nitrogen and oxygen atoms in total. The Labute approximate surface area is 532 Å². The monoisotopic (exact) mass is 1470 g/mol. The quantitative estimate of drug-likeness (QED) is 0.0576. The van der Waals surface area contributed by atoms with Crippen LogP contribution in [0.1, 0.15) is 77.6 Å². The number of amides is 1. The first-order valence-corrected chi connectivity index (χ1v) is 30.9. The number of hydrogen-bond acceptors (Lipinski definition) is 9. The zero-order chi connectivity index (χ0) is 66.5. The van der Waals surface area contributed by atoms with Gasteiger partial charge < -0.3 is 25.3 Å². The fourth-order valence-electron chi connectivity index (χ4n) is 9.48. The summed E-state index contributed by atoms with van der Waals surface area (Å²) >= 11 is 4.30. The second kappa shape index (κ2) is 31.1. The lowest BCUT2D eigenvalue weighted by Gasteiger charge is -2.25. The van der Waals surface area contributed by atoms with Crippen LogP contribution in [0.5, 0.6) is 11.5 Å². The molecule has 8 rings (SSSR count). The lowest BCUT2D eigenvalue weighted by atomic mass is 10.0. The molecule has 6 aromatic carbocycles. The minimum atomic E-state index is -4.97. The SMILES string of the molecule is CI.CI.COc1cccc(-c2c(C)n(Cc3c(F)cccc3C(F)(F)F)c(=O)n(C[C@H](N)c3ccccc3)c2=O)c1F.COc1cccc(-c2c(C)n(Cc3c(F)cccc3C(F)(F)F)c(=O)n(C[C@H](NC(=O)OC(C)(C)C)c3ccccc3)c2=O)c1F. The highest BCUT2D eigenvalue weighted by molar-refractivity contribution is 14.1. The smallest absolute Gasteiger partial charge is 0.416 e. The lowest BCUT2D eigenvalue weighted by molar-refractivity contribution is -0.139. The molecule has 0 fully saturated rings. The van der Waals surface area contributed by atoms with Crippen molar-refractivity contribution in [3.8, 4) is 33.8 Å². The molecule has 0 spiro atoms. The van der Waals surface area contributed by atoms with Gasteiger partial charge in [0.2, 0.25) is 0 Å². The molecule has 2 heterocycles. The third kappa shape index (κ3) is 17.2. The Balaban J connectivity index is 0.000000310. The third-order valence-corrected chi connectivity index (χ3v) is 13.6. The van der Waals surface area contributed by atoms with E-state index in [9.17, 15) is 59.1 Å². The van der Waals surface area contributed by atoms with E-state index in [1.54, 1.807) is 81.4 Å². The number of carbonyl (C=O) groups excluding carboxylic acids is 1. The summed E-state index contributed by atoms with van der Waals surface area (Å²) in [5.41, 5.74) is -3.46. The number of hydrogen-bond donors (Lipinski definition) is 2. The normalized spacial score (nSPS) is 12.0. The lowest BCUT2D eigenvalue weighted by Crippen LogP contribution is -2.46. The van der Waals surface area contributed by atoms with E-state index in [2.05, 4.69) is 50.5 Å². The molecule has 0 unspecified atom stereocenters. The Morgan fingerprint density at radius 3 is 1.27 bits per heavy atom. The summed E-state index contributed by atoms with van der Waals surface area (Å²) in [7, 11) is 2.43. The number of carbonyl (C=O) groups is 1. The van der Waals surface area contributed by atoms with E-state index in [-0.39, 0.29) is 51.7 Å². The summed E-state index contributed by atoms with van der Waals surface area (Å²) < 4.78 is 162. The van der Waals surface area contributed by atoms with Gasteiger partial charge in [0.25, 0.3) is 11.1 Å². The van der Waals surface area contributed by atoms with E-state index in [1.807, 2.05) is 9.86 Å². The number of ether oxygens (including phenoxy) is 3. The molecular weight excluding hydrogens is 1410 g/mol. The van der Waals surface area contributed by atoms with Crippen LogP contribution in [-0.4, -0.2) is 54.0 Å². The van der Waals surface area contributed by atoms with E-state index >= 15 is 8.78 Å². The maximum atomic E-state index is 15.6. The molecular formula is C63H62F10I2N6O8. The molecule has 2 atom stereocenters. The first kappa shape index (κ1) is 72.0. The third-order valence-electron chi connectivity index (χ3n) is 13.6. The molecule has 8 aromatic rings. The molecule has 1 amide bonds. The largest absolute Gasteiger partial charge is 0.494 e. The highest BCUT2D eigenvalue weighted by Crippen LogP contribution is 2.37. The predicted molar refractivity (Wildman–Crippen MR) is 336 cm³/mol. The molecule has 0 saturated carbocycles. The maximum Gasteiger partial charge on any atom is 0.416 e. The van der Waals surface area contributed by atoms with Crippen LogP contribution in [0.15, 0.2) is 153 Å². The van der Waals surface area contributed by atoms with Crippen molar-refractivity contribution in [2.24, 2.45) is 5.73 Å². The Kier molecular flexibility index (Phi) is 25.2. The molecule has 26 heteroatoms. The Hall–Kier alpha value is -7.73. The number of aromatic nitrogens is 4. The summed E-state index contributed by atoms with van der Waals surface area (Å²) in [4.78, 5) is 72.1. The van der Waals surface area contributed by atoms with Crippen LogP contribution in [0.2, 0.25) is 0 Å². The van der Waals surface area contributed by atoms with Gasteiger partial charge in [-0.2, -0.15) is 26.3 Å². The number of alkyl halides is 8. The number of halogens is 12. The molecule has 0 radical (unpaired) electrons.